The Morgan fingerprint density at radius 2 is 1.62 bits per heavy atom. The lowest BCUT2D eigenvalue weighted by molar-refractivity contribution is -0.134. The number of carbonyl (C=O) groups excluding carboxylic acids is 1. The largest absolute Gasteiger partial charge is 0.342 e. The Hall–Kier alpha value is -0.280. The van der Waals surface area contributed by atoms with Gasteiger partial charge in [-0.1, -0.05) is 6.42 Å². The molecule has 1 heterocycles. The van der Waals surface area contributed by atoms with Gasteiger partial charge < -0.3 is 10.6 Å². The molecule has 0 bridgehead atoms. The topological polar surface area (TPSA) is 46.3 Å². The van der Waals surface area contributed by atoms with E-state index in [0.717, 1.165) is 37.8 Å². The van der Waals surface area contributed by atoms with Crippen molar-refractivity contribution < 1.29 is 4.79 Å². The smallest absolute Gasteiger partial charge is 0.226 e. The van der Waals surface area contributed by atoms with Gasteiger partial charge in [-0.3, -0.25) is 4.79 Å². The normalized spacial score (nSPS) is 37.8. The molecule has 0 aromatic carbocycles. The number of fused-ring (bicyclic) bond motifs is 1. The molecule has 2 atom stereocenters. The highest BCUT2D eigenvalue weighted by atomic mass is 35.5. The molecule has 3 nitrogen and oxygen atoms in total. The van der Waals surface area contributed by atoms with E-state index in [1.54, 1.807) is 0 Å². The van der Waals surface area contributed by atoms with Crippen LogP contribution in [0.4, 0.5) is 0 Å². The predicted octanol–water partition coefficient (Wildman–Crippen LogP) is 1.40. The fraction of sp³-hybridized carbons (Fsp3) is 0.917. The first kappa shape index (κ1) is 12.2. The van der Waals surface area contributed by atoms with Gasteiger partial charge in [-0.25, -0.2) is 0 Å². The lowest BCUT2D eigenvalue weighted by atomic mass is 10.0. The fourth-order valence-electron chi connectivity index (χ4n) is 3.52. The Kier molecular flexibility index (Phi) is 3.45. The zero-order chi connectivity index (χ0) is 10.4. The molecule has 2 aliphatic carbocycles. The first-order chi connectivity index (χ1) is 7.27. The van der Waals surface area contributed by atoms with Crippen LogP contribution in [0.2, 0.25) is 0 Å². The van der Waals surface area contributed by atoms with Crippen LogP contribution < -0.4 is 5.73 Å². The summed E-state index contributed by atoms with van der Waals surface area (Å²) in [7, 11) is 0. The molecular weight excluding hydrogens is 224 g/mol. The number of likely N-dealkylation sites (tertiary alicyclic amines) is 1. The highest BCUT2D eigenvalue weighted by Gasteiger charge is 2.57. The molecule has 2 saturated carbocycles. The summed E-state index contributed by atoms with van der Waals surface area (Å²) < 4.78 is 0. The summed E-state index contributed by atoms with van der Waals surface area (Å²) in [5.74, 6) is 2.37. The summed E-state index contributed by atoms with van der Waals surface area (Å²) >= 11 is 0. The molecule has 0 spiro atoms. The maximum absolute atomic E-state index is 12.2. The third kappa shape index (κ3) is 1.95. The number of nitrogens with zero attached hydrogens (tertiary/aromatic N) is 1. The second kappa shape index (κ2) is 4.53. The standard InChI is InChI=1S/C12H20N2O.ClH/c13-8-4-6-14(7-5-8)12(15)11-9-2-1-3-10(9)11;/h8-11H,1-7,13H2;1H. The Labute approximate surface area is 103 Å². The van der Waals surface area contributed by atoms with Crippen molar-refractivity contribution in [1.82, 2.24) is 4.90 Å². The Morgan fingerprint density at radius 3 is 2.19 bits per heavy atom. The number of halogens is 1. The lowest BCUT2D eigenvalue weighted by Gasteiger charge is -2.30. The van der Waals surface area contributed by atoms with Gasteiger partial charge in [0.25, 0.3) is 0 Å². The van der Waals surface area contributed by atoms with Crippen LogP contribution in [-0.2, 0) is 4.79 Å². The number of carbonyl (C=O) groups is 1. The lowest BCUT2D eigenvalue weighted by Crippen LogP contribution is -2.43. The van der Waals surface area contributed by atoms with Crippen LogP contribution in [0.25, 0.3) is 0 Å². The zero-order valence-electron chi connectivity index (χ0n) is 9.60. The van der Waals surface area contributed by atoms with Gasteiger partial charge in [-0.2, -0.15) is 0 Å². The van der Waals surface area contributed by atoms with Gasteiger partial charge in [0.1, 0.15) is 0 Å². The van der Waals surface area contributed by atoms with Gasteiger partial charge in [-0.15, -0.1) is 12.4 Å². The minimum absolute atomic E-state index is 0. The predicted molar refractivity (Wildman–Crippen MR) is 65.4 cm³/mol. The number of hydrogen-bond acceptors (Lipinski definition) is 2. The van der Waals surface area contributed by atoms with Crippen molar-refractivity contribution in [2.45, 2.75) is 38.1 Å². The summed E-state index contributed by atoms with van der Waals surface area (Å²) in [6.07, 6.45) is 5.94. The summed E-state index contributed by atoms with van der Waals surface area (Å²) in [6.45, 7) is 1.80. The molecule has 16 heavy (non-hydrogen) atoms. The molecular formula is C12H21ClN2O. The molecule has 3 aliphatic rings. The molecule has 0 radical (unpaired) electrons. The summed E-state index contributed by atoms with van der Waals surface area (Å²) in [4.78, 5) is 14.2. The van der Waals surface area contributed by atoms with Crippen LogP contribution in [0.5, 0.6) is 0 Å². The third-order valence-electron chi connectivity index (χ3n) is 4.54. The number of nitrogens with two attached hydrogens (primary N) is 1. The van der Waals surface area contributed by atoms with E-state index in [0.29, 0.717) is 17.9 Å². The van der Waals surface area contributed by atoms with Crippen LogP contribution in [0.1, 0.15) is 32.1 Å². The van der Waals surface area contributed by atoms with Gasteiger partial charge in [0.2, 0.25) is 5.91 Å². The molecule has 3 fully saturated rings. The van der Waals surface area contributed by atoms with Crippen molar-refractivity contribution in [3.8, 4) is 0 Å². The van der Waals surface area contributed by atoms with Crippen molar-refractivity contribution in [1.29, 1.82) is 0 Å². The summed E-state index contributed by atoms with van der Waals surface area (Å²) in [5, 5.41) is 0. The van der Waals surface area contributed by atoms with Gasteiger partial charge in [0.15, 0.2) is 0 Å². The molecule has 0 aromatic heterocycles. The summed E-state index contributed by atoms with van der Waals surface area (Å²) in [5.41, 5.74) is 5.84. The zero-order valence-corrected chi connectivity index (χ0v) is 10.4. The first-order valence-electron chi connectivity index (χ1n) is 6.32. The van der Waals surface area contributed by atoms with Crippen LogP contribution in [0.3, 0.4) is 0 Å². The van der Waals surface area contributed by atoms with Crippen molar-refractivity contribution in [2.24, 2.45) is 23.5 Å². The van der Waals surface area contributed by atoms with Crippen LogP contribution >= 0.6 is 12.4 Å². The highest BCUT2D eigenvalue weighted by molar-refractivity contribution is 5.85. The highest BCUT2D eigenvalue weighted by Crippen LogP contribution is 2.58. The summed E-state index contributed by atoms with van der Waals surface area (Å²) in [6, 6.07) is 0.327. The molecule has 92 valence electrons. The number of amides is 1. The average molecular weight is 245 g/mol. The molecule has 1 amide bonds. The van der Waals surface area contributed by atoms with Gasteiger partial charge in [-0.05, 0) is 37.5 Å². The van der Waals surface area contributed by atoms with E-state index in [-0.39, 0.29) is 12.4 Å². The van der Waals surface area contributed by atoms with Crippen LogP contribution in [0, 0.1) is 17.8 Å². The fourth-order valence-corrected chi connectivity index (χ4v) is 3.52. The second-order valence-electron chi connectivity index (χ2n) is 5.45. The van der Waals surface area contributed by atoms with E-state index in [2.05, 4.69) is 4.90 Å². The monoisotopic (exact) mass is 244 g/mol. The Balaban J connectivity index is 0.000000963. The minimum Gasteiger partial charge on any atom is -0.342 e. The van der Waals surface area contributed by atoms with Gasteiger partial charge >= 0.3 is 0 Å². The number of piperidine rings is 1. The van der Waals surface area contributed by atoms with E-state index in [1.165, 1.54) is 19.3 Å². The van der Waals surface area contributed by atoms with E-state index < -0.39 is 0 Å². The first-order valence-corrected chi connectivity index (χ1v) is 6.32. The average Bonchev–Trinajstić information content (AvgIpc) is 2.72. The van der Waals surface area contributed by atoms with E-state index in [4.69, 9.17) is 5.73 Å². The van der Waals surface area contributed by atoms with Gasteiger partial charge in [0.05, 0.1) is 0 Å². The van der Waals surface area contributed by atoms with E-state index in [1.807, 2.05) is 0 Å². The SMILES string of the molecule is Cl.NC1CCN(C(=O)C2C3CCCC32)CC1. The molecule has 4 heteroatoms. The van der Waals surface area contributed by atoms with E-state index in [9.17, 15) is 4.79 Å². The van der Waals surface area contributed by atoms with Crippen molar-refractivity contribution in [3.63, 3.8) is 0 Å². The second-order valence-corrected chi connectivity index (χ2v) is 5.45. The maximum atomic E-state index is 12.2. The maximum Gasteiger partial charge on any atom is 0.226 e. The minimum atomic E-state index is 0. The molecule has 0 aromatic rings. The molecule has 3 rings (SSSR count). The number of hydrogen-bond donors (Lipinski definition) is 1. The number of rotatable bonds is 1. The van der Waals surface area contributed by atoms with Crippen molar-refractivity contribution in [2.75, 3.05) is 13.1 Å². The molecule has 2 unspecified atom stereocenters. The molecule has 2 N–H and O–H groups in total. The van der Waals surface area contributed by atoms with Crippen molar-refractivity contribution >= 4 is 18.3 Å². The quantitative estimate of drug-likeness (QED) is 0.758. The Bertz CT molecular complexity index is 266. The van der Waals surface area contributed by atoms with Gasteiger partial charge in [0, 0.05) is 25.0 Å². The van der Waals surface area contributed by atoms with E-state index >= 15 is 0 Å². The molecule has 1 saturated heterocycles. The molecule has 1 aliphatic heterocycles. The van der Waals surface area contributed by atoms with Crippen LogP contribution in [0.15, 0.2) is 0 Å². The Morgan fingerprint density at radius 1 is 1.06 bits per heavy atom. The third-order valence-corrected chi connectivity index (χ3v) is 4.54. The van der Waals surface area contributed by atoms with Crippen molar-refractivity contribution in [3.05, 3.63) is 0 Å². The van der Waals surface area contributed by atoms with Crippen LogP contribution in [-0.4, -0.2) is 29.9 Å².